The maximum absolute atomic E-state index is 13.7. The van der Waals surface area contributed by atoms with Crippen LogP contribution in [-0.2, 0) is 14.8 Å². The van der Waals surface area contributed by atoms with Crippen molar-refractivity contribution in [2.24, 2.45) is 5.92 Å². The number of amides is 1. The van der Waals surface area contributed by atoms with Crippen LogP contribution in [-0.4, -0.2) is 75.9 Å². The Morgan fingerprint density at radius 2 is 1.69 bits per heavy atom. The van der Waals surface area contributed by atoms with E-state index in [1.165, 1.54) is 4.31 Å². The second-order valence-electron chi connectivity index (χ2n) is 9.52. The Kier molecular flexibility index (Phi) is 7.99. The number of carbonyl (C=O) groups is 1. The van der Waals surface area contributed by atoms with Crippen molar-refractivity contribution in [3.8, 4) is 5.75 Å². The lowest BCUT2D eigenvalue weighted by Crippen LogP contribution is -2.46. The summed E-state index contributed by atoms with van der Waals surface area (Å²) in [5, 5.41) is 0.711. The van der Waals surface area contributed by atoms with Crippen LogP contribution in [0.4, 0.5) is 5.13 Å². The summed E-state index contributed by atoms with van der Waals surface area (Å²) in [4.78, 5) is 22.7. The van der Waals surface area contributed by atoms with Gasteiger partial charge in [-0.3, -0.25) is 9.69 Å². The minimum atomic E-state index is -3.62. The van der Waals surface area contributed by atoms with Crippen LogP contribution in [0.25, 0.3) is 10.2 Å². The molecule has 1 aromatic heterocycles. The lowest BCUT2D eigenvalue weighted by molar-refractivity contribution is -0.123. The van der Waals surface area contributed by atoms with Gasteiger partial charge < -0.3 is 9.64 Å². The number of benzene rings is 2. The van der Waals surface area contributed by atoms with E-state index in [1.807, 2.05) is 30.8 Å². The third kappa shape index (κ3) is 5.41. The van der Waals surface area contributed by atoms with Crippen molar-refractivity contribution >= 4 is 42.6 Å². The summed E-state index contributed by atoms with van der Waals surface area (Å²) in [6.07, 6.45) is 0.964. The summed E-state index contributed by atoms with van der Waals surface area (Å²) in [7, 11) is 1.89. The van der Waals surface area contributed by atoms with Gasteiger partial charge in [0, 0.05) is 32.1 Å². The van der Waals surface area contributed by atoms with Crippen LogP contribution < -0.4 is 9.64 Å². The normalized spacial score (nSPS) is 15.5. The number of fused-ring (bicyclic) bond motifs is 1. The molecule has 0 saturated carbocycles. The molecular weight excluding hydrogens is 496 g/mol. The molecule has 1 aliphatic rings. The molecule has 2 aromatic carbocycles. The van der Waals surface area contributed by atoms with Gasteiger partial charge >= 0.3 is 0 Å². The van der Waals surface area contributed by atoms with Crippen molar-refractivity contribution in [1.29, 1.82) is 0 Å². The van der Waals surface area contributed by atoms with Crippen LogP contribution in [0.1, 0.15) is 24.0 Å². The Bertz CT molecular complexity index is 1290. The van der Waals surface area contributed by atoms with E-state index in [0.717, 1.165) is 21.3 Å². The molecule has 10 heteroatoms. The number of methoxy groups -OCH3 is 1. The number of piperidine rings is 1. The molecule has 0 unspecified atom stereocenters. The summed E-state index contributed by atoms with van der Waals surface area (Å²) < 4.78 is 34.0. The molecule has 0 radical (unpaired) electrons. The number of sulfonamides is 1. The van der Waals surface area contributed by atoms with Gasteiger partial charge in [0.1, 0.15) is 5.75 Å². The first-order valence-corrected chi connectivity index (χ1v) is 14.3. The molecule has 0 N–H and O–H groups in total. The molecular formula is C26H34N4O4S2. The maximum atomic E-state index is 13.7. The molecule has 0 bridgehead atoms. The number of carbonyl (C=O) groups excluding carboxylic acids is 1. The summed E-state index contributed by atoms with van der Waals surface area (Å²) in [6, 6.07) is 10.6. The number of ether oxygens (including phenoxy) is 1. The van der Waals surface area contributed by atoms with Crippen LogP contribution in [0.3, 0.4) is 0 Å². The summed E-state index contributed by atoms with van der Waals surface area (Å²) >= 11 is 1.55. The van der Waals surface area contributed by atoms with Crippen LogP contribution in [0, 0.1) is 19.8 Å². The second kappa shape index (κ2) is 10.8. The molecule has 194 valence electrons. The second-order valence-corrected chi connectivity index (χ2v) is 12.4. The Morgan fingerprint density at radius 3 is 2.28 bits per heavy atom. The molecule has 36 heavy (non-hydrogen) atoms. The van der Waals surface area contributed by atoms with E-state index >= 15 is 0 Å². The highest BCUT2D eigenvalue weighted by atomic mass is 32.2. The number of thiazole rings is 1. The molecule has 4 rings (SSSR count). The summed E-state index contributed by atoms with van der Waals surface area (Å²) in [5.74, 6) is 0.382. The third-order valence-electron chi connectivity index (χ3n) is 6.70. The number of aryl methyl sites for hydroxylation is 2. The van der Waals surface area contributed by atoms with E-state index in [1.54, 1.807) is 42.7 Å². The molecule has 1 aliphatic heterocycles. The maximum Gasteiger partial charge on any atom is 0.243 e. The first kappa shape index (κ1) is 26.5. The van der Waals surface area contributed by atoms with Crippen molar-refractivity contribution in [2.75, 3.05) is 52.3 Å². The number of rotatable bonds is 8. The van der Waals surface area contributed by atoms with E-state index in [0.29, 0.717) is 49.9 Å². The fourth-order valence-electron chi connectivity index (χ4n) is 4.42. The Labute approximate surface area is 217 Å². The highest BCUT2D eigenvalue weighted by Gasteiger charge is 2.35. The Hall–Kier alpha value is -2.53. The average Bonchev–Trinajstić information content (AvgIpc) is 3.33. The Morgan fingerprint density at radius 1 is 1.06 bits per heavy atom. The van der Waals surface area contributed by atoms with Gasteiger partial charge in [-0.1, -0.05) is 23.5 Å². The molecule has 3 aromatic rings. The zero-order valence-corrected chi connectivity index (χ0v) is 23.2. The highest BCUT2D eigenvalue weighted by molar-refractivity contribution is 7.89. The first-order valence-electron chi connectivity index (χ1n) is 12.1. The Balaban J connectivity index is 1.52. The van der Waals surface area contributed by atoms with E-state index in [-0.39, 0.29) is 16.7 Å². The van der Waals surface area contributed by atoms with E-state index in [2.05, 4.69) is 19.1 Å². The standard InChI is InChI=1S/C26H34N4O4S2/c1-18-6-7-19(2)24-23(18)27-26(35-24)30(17-16-28(3)4)25(31)20-12-14-29(15-13-20)36(32,33)22-10-8-21(34-5)9-11-22/h6-11,20H,12-17H2,1-5H3. The monoisotopic (exact) mass is 530 g/mol. The lowest BCUT2D eigenvalue weighted by atomic mass is 9.96. The van der Waals surface area contributed by atoms with Gasteiger partial charge in [0.2, 0.25) is 15.9 Å². The molecule has 1 fully saturated rings. The topological polar surface area (TPSA) is 83.0 Å². The van der Waals surface area contributed by atoms with Gasteiger partial charge in [0.15, 0.2) is 5.13 Å². The average molecular weight is 531 g/mol. The highest BCUT2D eigenvalue weighted by Crippen LogP contribution is 2.35. The quantitative estimate of drug-likeness (QED) is 0.439. The number of aromatic nitrogens is 1. The number of hydrogen-bond acceptors (Lipinski definition) is 7. The van der Waals surface area contributed by atoms with Crippen molar-refractivity contribution in [2.45, 2.75) is 31.6 Å². The number of likely N-dealkylation sites (N-methyl/N-ethyl adjacent to an activating group) is 1. The predicted molar refractivity (Wildman–Crippen MR) is 144 cm³/mol. The minimum Gasteiger partial charge on any atom is -0.497 e. The van der Waals surface area contributed by atoms with Gasteiger partial charge in [0.05, 0.1) is 22.2 Å². The van der Waals surface area contributed by atoms with E-state index in [4.69, 9.17) is 9.72 Å². The number of nitrogens with zero attached hydrogens (tertiary/aromatic N) is 4. The molecule has 0 spiro atoms. The zero-order chi connectivity index (χ0) is 26.0. The number of anilines is 1. The largest absolute Gasteiger partial charge is 0.497 e. The van der Waals surface area contributed by atoms with Crippen LogP contribution in [0.2, 0.25) is 0 Å². The first-order chi connectivity index (χ1) is 17.1. The van der Waals surface area contributed by atoms with Crippen LogP contribution >= 0.6 is 11.3 Å². The van der Waals surface area contributed by atoms with Gasteiger partial charge in [-0.15, -0.1) is 0 Å². The molecule has 1 amide bonds. The molecule has 8 nitrogen and oxygen atoms in total. The molecule has 0 aliphatic carbocycles. The van der Waals surface area contributed by atoms with E-state index in [9.17, 15) is 13.2 Å². The van der Waals surface area contributed by atoms with Gasteiger partial charge in [-0.25, -0.2) is 13.4 Å². The number of hydrogen-bond donors (Lipinski definition) is 0. The smallest absolute Gasteiger partial charge is 0.243 e. The summed E-state index contributed by atoms with van der Waals surface area (Å²) in [5.41, 5.74) is 3.18. The van der Waals surface area contributed by atoms with Gasteiger partial charge in [-0.2, -0.15) is 4.31 Å². The fraction of sp³-hybridized carbons (Fsp3) is 0.462. The molecule has 1 saturated heterocycles. The van der Waals surface area contributed by atoms with Gasteiger partial charge in [0.25, 0.3) is 0 Å². The van der Waals surface area contributed by atoms with Gasteiger partial charge in [-0.05, 0) is 76.2 Å². The molecule has 2 heterocycles. The summed E-state index contributed by atoms with van der Waals surface area (Å²) in [6.45, 7) is 5.97. The zero-order valence-electron chi connectivity index (χ0n) is 21.5. The lowest BCUT2D eigenvalue weighted by Gasteiger charge is -2.33. The van der Waals surface area contributed by atoms with Crippen molar-refractivity contribution in [3.63, 3.8) is 0 Å². The minimum absolute atomic E-state index is 0.0210. The van der Waals surface area contributed by atoms with Crippen molar-refractivity contribution < 1.29 is 17.9 Å². The third-order valence-corrected chi connectivity index (χ3v) is 9.83. The fourth-order valence-corrected chi connectivity index (χ4v) is 7.04. The molecule has 0 atom stereocenters. The van der Waals surface area contributed by atoms with Crippen LogP contribution in [0.5, 0.6) is 5.75 Å². The van der Waals surface area contributed by atoms with E-state index < -0.39 is 10.0 Å². The van der Waals surface area contributed by atoms with Crippen molar-refractivity contribution in [1.82, 2.24) is 14.2 Å². The van der Waals surface area contributed by atoms with Crippen molar-refractivity contribution in [3.05, 3.63) is 47.5 Å². The van der Waals surface area contributed by atoms with Crippen LogP contribution in [0.15, 0.2) is 41.3 Å². The predicted octanol–water partition coefficient (Wildman–Crippen LogP) is 3.92. The SMILES string of the molecule is COc1ccc(S(=O)(=O)N2CCC(C(=O)N(CCN(C)C)c3nc4c(C)ccc(C)c4s3)CC2)cc1.